The Morgan fingerprint density at radius 3 is 2.35 bits per heavy atom. The average molecular weight is 366 g/mol. The average Bonchev–Trinajstić information content (AvgIpc) is 2.61. The fourth-order valence-corrected chi connectivity index (χ4v) is 2.44. The maximum absolute atomic E-state index is 12.8. The highest BCUT2D eigenvalue weighted by atomic mass is 19.4. The highest BCUT2D eigenvalue weighted by Gasteiger charge is 2.30. The van der Waals surface area contributed by atoms with E-state index < -0.39 is 11.7 Å². The molecule has 1 N–H and O–H groups in total. The first-order valence-electron chi connectivity index (χ1n) is 8.40. The molecule has 2 rings (SSSR count). The minimum atomic E-state index is -4.42. The largest absolute Gasteiger partial charge is 0.416 e. The molecule has 0 aliphatic heterocycles. The summed E-state index contributed by atoms with van der Waals surface area (Å²) < 4.78 is 38.3. The molecule has 0 radical (unpaired) electrons. The number of nitrogens with zero attached hydrogens (tertiary/aromatic N) is 3. The molecule has 8 heteroatoms. The Morgan fingerprint density at radius 2 is 1.81 bits per heavy atom. The first-order chi connectivity index (χ1) is 12.3. The molecular weight excluding hydrogens is 345 g/mol. The first kappa shape index (κ1) is 19.7. The van der Waals surface area contributed by atoms with Crippen LogP contribution in [0.5, 0.6) is 0 Å². The molecular formula is C18H21F3N4O. The van der Waals surface area contributed by atoms with Crippen LogP contribution in [0.3, 0.4) is 0 Å². The minimum absolute atomic E-state index is 0.202. The van der Waals surface area contributed by atoms with Crippen molar-refractivity contribution in [2.24, 2.45) is 0 Å². The Bertz CT molecular complexity index is 726. The van der Waals surface area contributed by atoms with Crippen LogP contribution in [-0.2, 0) is 6.18 Å². The number of amides is 1. The number of hydrogen-bond donors (Lipinski definition) is 1. The van der Waals surface area contributed by atoms with Gasteiger partial charge in [0.05, 0.1) is 18.0 Å². The molecule has 5 nitrogen and oxygen atoms in total. The van der Waals surface area contributed by atoms with Gasteiger partial charge in [-0.2, -0.15) is 13.2 Å². The second-order valence-corrected chi connectivity index (χ2v) is 5.78. The van der Waals surface area contributed by atoms with E-state index in [2.05, 4.69) is 15.3 Å². The maximum Gasteiger partial charge on any atom is 0.416 e. The fraction of sp³-hybridized carbons (Fsp3) is 0.389. The highest BCUT2D eigenvalue weighted by molar-refractivity contribution is 5.92. The summed E-state index contributed by atoms with van der Waals surface area (Å²) in [6, 6.07) is 4.80. The molecule has 0 spiro atoms. The summed E-state index contributed by atoms with van der Waals surface area (Å²) in [4.78, 5) is 22.3. The number of carbonyl (C=O) groups excluding carboxylic acids is 1. The molecule has 0 bridgehead atoms. The Balaban J connectivity index is 2.11. The molecule has 1 aromatic carbocycles. The van der Waals surface area contributed by atoms with Gasteiger partial charge in [0.2, 0.25) is 0 Å². The summed E-state index contributed by atoms with van der Waals surface area (Å²) >= 11 is 0. The summed E-state index contributed by atoms with van der Waals surface area (Å²) in [5.41, 5.74) is -0.301. The van der Waals surface area contributed by atoms with E-state index in [0.717, 1.165) is 25.0 Å². The summed E-state index contributed by atoms with van der Waals surface area (Å²) in [5.74, 6) is 0.0604. The SMILES string of the molecule is CCCN(CCC)C(=O)c1cnc(Nc2cccc(C(F)(F)F)c2)cn1. The van der Waals surface area contributed by atoms with Crippen molar-refractivity contribution in [2.45, 2.75) is 32.9 Å². The zero-order valence-corrected chi connectivity index (χ0v) is 14.7. The number of rotatable bonds is 7. The molecule has 0 saturated heterocycles. The number of anilines is 2. The van der Waals surface area contributed by atoms with Gasteiger partial charge >= 0.3 is 6.18 Å². The Morgan fingerprint density at radius 1 is 1.12 bits per heavy atom. The molecule has 0 unspecified atom stereocenters. The molecule has 1 heterocycles. The van der Waals surface area contributed by atoms with Gasteiger partial charge < -0.3 is 10.2 Å². The van der Waals surface area contributed by atoms with E-state index in [1.54, 1.807) is 4.90 Å². The van der Waals surface area contributed by atoms with Crippen LogP contribution in [0.25, 0.3) is 0 Å². The van der Waals surface area contributed by atoms with Gasteiger partial charge in [0, 0.05) is 18.8 Å². The Hall–Kier alpha value is -2.64. The van der Waals surface area contributed by atoms with Crippen LogP contribution in [0.1, 0.15) is 42.7 Å². The van der Waals surface area contributed by atoms with Gasteiger partial charge in [-0.3, -0.25) is 4.79 Å². The van der Waals surface area contributed by atoms with Crippen molar-refractivity contribution in [1.29, 1.82) is 0 Å². The third-order valence-corrected chi connectivity index (χ3v) is 3.61. The van der Waals surface area contributed by atoms with Crippen molar-refractivity contribution in [3.63, 3.8) is 0 Å². The number of aromatic nitrogens is 2. The molecule has 2 aromatic rings. The van der Waals surface area contributed by atoms with E-state index in [1.807, 2.05) is 13.8 Å². The lowest BCUT2D eigenvalue weighted by atomic mass is 10.2. The maximum atomic E-state index is 12.8. The number of benzene rings is 1. The van der Waals surface area contributed by atoms with E-state index in [4.69, 9.17) is 0 Å². The van der Waals surface area contributed by atoms with Crippen LogP contribution in [0.4, 0.5) is 24.7 Å². The van der Waals surface area contributed by atoms with Crippen LogP contribution in [0.15, 0.2) is 36.7 Å². The normalized spacial score (nSPS) is 11.3. The van der Waals surface area contributed by atoms with Crippen molar-refractivity contribution < 1.29 is 18.0 Å². The highest BCUT2D eigenvalue weighted by Crippen LogP contribution is 2.31. The predicted octanol–water partition coefficient (Wildman–Crippen LogP) is 4.50. The predicted molar refractivity (Wildman–Crippen MR) is 93.2 cm³/mol. The Labute approximate surface area is 150 Å². The third kappa shape index (κ3) is 5.18. The van der Waals surface area contributed by atoms with E-state index in [9.17, 15) is 18.0 Å². The molecule has 1 aromatic heterocycles. The number of nitrogens with one attached hydrogen (secondary N) is 1. The summed E-state index contributed by atoms with van der Waals surface area (Å²) in [6.45, 7) is 5.25. The van der Waals surface area contributed by atoms with E-state index >= 15 is 0 Å². The molecule has 0 atom stereocenters. The van der Waals surface area contributed by atoms with E-state index in [1.165, 1.54) is 24.5 Å². The number of halogens is 3. The third-order valence-electron chi connectivity index (χ3n) is 3.61. The van der Waals surface area contributed by atoms with Gasteiger partial charge in [0.15, 0.2) is 0 Å². The van der Waals surface area contributed by atoms with Crippen molar-refractivity contribution >= 4 is 17.4 Å². The van der Waals surface area contributed by atoms with Crippen molar-refractivity contribution in [1.82, 2.24) is 14.9 Å². The van der Waals surface area contributed by atoms with Crippen LogP contribution in [-0.4, -0.2) is 33.9 Å². The lowest BCUT2D eigenvalue weighted by molar-refractivity contribution is -0.137. The summed E-state index contributed by atoms with van der Waals surface area (Å²) in [5, 5.41) is 2.76. The first-order valence-corrected chi connectivity index (χ1v) is 8.40. The monoisotopic (exact) mass is 366 g/mol. The zero-order chi connectivity index (χ0) is 19.2. The van der Waals surface area contributed by atoms with Crippen LogP contribution < -0.4 is 5.32 Å². The number of hydrogen-bond acceptors (Lipinski definition) is 4. The molecule has 0 aliphatic rings. The summed E-state index contributed by atoms with van der Waals surface area (Å²) in [7, 11) is 0. The molecule has 1 amide bonds. The molecule has 0 fully saturated rings. The second-order valence-electron chi connectivity index (χ2n) is 5.78. The van der Waals surface area contributed by atoms with Gasteiger partial charge in [-0.05, 0) is 31.0 Å². The van der Waals surface area contributed by atoms with Crippen LogP contribution in [0, 0.1) is 0 Å². The van der Waals surface area contributed by atoms with Gasteiger partial charge in [-0.25, -0.2) is 9.97 Å². The van der Waals surface area contributed by atoms with Crippen molar-refractivity contribution in [2.75, 3.05) is 18.4 Å². The molecule has 0 aliphatic carbocycles. The summed E-state index contributed by atoms with van der Waals surface area (Å²) in [6.07, 6.45) is -0.0650. The van der Waals surface area contributed by atoms with Gasteiger partial charge in [-0.15, -0.1) is 0 Å². The van der Waals surface area contributed by atoms with Crippen molar-refractivity contribution in [3.8, 4) is 0 Å². The quantitative estimate of drug-likeness (QED) is 0.784. The van der Waals surface area contributed by atoms with Gasteiger partial charge in [0.1, 0.15) is 11.5 Å². The van der Waals surface area contributed by atoms with E-state index in [-0.39, 0.29) is 23.1 Å². The second kappa shape index (κ2) is 8.64. The molecule has 0 saturated carbocycles. The van der Waals surface area contributed by atoms with E-state index in [0.29, 0.717) is 13.1 Å². The topological polar surface area (TPSA) is 58.1 Å². The number of carbonyl (C=O) groups is 1. The van der Waals surface area contributed by atoms with Gasteiger partial charge in [0.25, 0.3) is 5.91 Å². The minimum Gasteiger partial charge on any atom is -0.339 e. The molecule has 26 heavy (non-hydrogen) atoms. The lowest BCUT2D eigenvalue weighted by Gasteiger charge is -2.20. The smallest absolute Gasteiger partial charge is 0.339 e. The lowest BCUT2D eigenvalue weighted by Crippen LogP contribution is -2.33. The molecule has 140 valence electrons. The standard InChI is InChI=1S/C18H21F3N4O/c1-3-8-25(9-4-2)17(26)15-11-23-16(12-22-15)24-14-7-5-6-13(10-14)18(19,20)21/h5-7,10-12H,3-4,8-9H2,1-2H3,(H,23,24). The zero-order valence-electron chi connectivity index (χ0n) is 14.7. The van der Waals surface area contributed by atoms with Crippen molar-refractivity contribution in [3.05, 3.63) is 47.9 Å². The number of alkyl halides is 3. The van der Waals surface area contributed by atoms with Gasteiger partial charge in [-0.1, -0.05) is 19.9 Å². The van der Waals surface area contributed by atoms with Crippen LogP contribution in [0.2, 0.25) is 0 Å². The van der Waals surface area contributed by atoms with Crippen LogP contribution >= 0.6 is 0 Å². The Kier molecular flexibility index (Phi) is 6.54. The fourth-order valence-electron chi connectivity index (χ4n) is 2.44.